The first kappa shape index (κ1) is 10.1. The number of carbonyl (C=O) groups is 1. The normalized spacial score (nSPS) is 10.8. The number of ketones is 1. The number of nitrogens with one attached hydrogen (secondary N) is 1. The topological polar surface area (TPSA) is 59.3 Å². The highest BCUT2D eigenvalue weighted by molar-refractivity contribution is 6.33. The summed E-state index contributed by atoms with van der Waals surface area (Å²) in [6.45, 7) is 0.219. The molecule has 0 aliphatic carbocycles. The molecular formula is C9H9ClN4O. The van der Waals surface area contributed by atoms with Gasteiger partial charge in [-0.1, -0.05) is 11.6 Å². The van der Waals surface area contributed by atoms with Gasteiger partial charge in [-0.2, -0.15) is 0 Å². The van der Waals surface area contributed by atoms with E-state index in [1.807, 2.05) is 0 Å². The van der Waals surface area contributed by atoms with E-state index in [9.17, 15) is 4.79 Å². The summed E-state index contributed by atoms with van der Waals surface area (Å²) in [6, 6.07) is 1.70. The van der Waals surface area contributed by atoms with Crippen molar-refractivity contribution in [3.05, 3.63) is 29.4 Å². The maximum absolute atomic E-state index is 11.6. The maximum Gasteiger partial charge on any atom is 0.198 e. The Bertz CT molecular complexity index is 508. The molecule has 0 aliphatic heterocycles. The van der Waals surface area contributed by atoms with Crippen LogP contribution >= 0.6 is 11.6 Å². The van der Waals surface area contributed by atoms with E-state index in [2.05, 4.69) is 15.3 Å². The molecule has 2 rings (SSSR count). The van der Waals surface area contributed by atoms with Crippen molar-refractivity contribution >= 4 is 23.0 Å². The van der Waals surface area contributed by atoms with Crippen molar-refractivity contribution in [1.82, 2.24) is 19.7 Å². The molecule has 15 heavy (non-hydrogen) atoms. The lowest BCUT2D eigenvalue weighted by atomic mass is 10.3. The van der Waals surface area contributed by atoms with Crippen molar-refractivity contribution in [3.8, 4) is 0 Å². The summed E-state index contributed by atoms with van der Waals surface area (Å²) in [5, 5.41) is 3.07. The summed E-state index contributed by atoms with van der Waals surface area (Å²) < 4.78 is 1.57. The van der Waals surface area contributed by atoms with Crippen molar-refractivity contribution in [1.29, 1.82) is 0 Å². The molecule has 0 atom stereocenters. The molecule has 0 saturated heterocycles. The molecule has 2 heterocycles. The van der Waals surface area contributed by atoms with Gasteiger partial charge in [0.25, 0.3) is 0 Å². The average molecular weight is 225 g/mol. The molecule has 0 saturated carbocycles. The number of Topliss-reactive ketones (excluding diaryl/α,β-unsaturated/α-hetero) is 1. The average Bonchev–Trinajstić information content (AvgIpc) is 2.57. The Hall–Kier alpha value is -1.46. The molecule has 6 heteroatoms. The third kappa shape index (κ3) is 1.71. The van der Waals surface area contributed by atoms with Crippen molar-refractivity contribution in [2.24, 2.45) is 0 Å². The SMILES string of the molecule is CNCC(=O)c1nc2ccncn2c1Cl. The Balaban J connectivity index is 2.53. The molecule has 0 fully saturated rings. The zero-order valence-corrected chi connectivity index (χ0v) is 8.82. The molecule has 78 valence electrons. The third-order valence-electron chi connectivity index (χ3n) is 1.97. The van der Waals surface area contributed by atoms with Crippen LogP contribution in [0.4, 0.5) is 0 Å². The Morgan fingerprint density at radius 1 is 1.67 bits per heavy atom. The first-order chi connectivity index (χ1) is 7.24. The summed E-state index contributed by atoms with van der Waals surface area (Å²) in [5.41, 5.74) is 0.897. The summed E-state index contributed by atoms with van der Waals surface area (Å²) in [7, 11) is 1.70. The van der Waals surface area contributed by atoms with E-state index in [4.69, 9.17) is 11.6 Å². The van der Waals surface area contributed by atoms with Gasteiger partial charge in [-0.15, -0.1) is 0 Å². The molecule has 0 aromatic carbocycles. The van der Waals surface area contributed by atoms with Crippen LogP contribution in [-0.4, -0.2) is 33.7 Å². The van der Waals surface area contributed by atoms with Gasteiger partial charge in [-0.05, 0) is 13.1 Å². The first-order valence-corrected chi connectivity index (χ1v) is 4.77. The Morgan fingerprint density at radius 2 is 2.47 bits per heavy atom. The maximum atomic E-state index is 11.6. The fourth-order valence-corrected chi connectivity index (χ4v) is 1.57. The van der Waals surface area contributed by atoms with Crippen LogP contribution in [0, 0.1) is 0 Å². The fraction of sp³-hybridized carbons (Fsp3) is 0.222. The first-order valence-electron chi connectivity index (χ1n) is 4.39. The molecule has 0 aliphatic rings. The van der Waals surface area contributed by atoms with Gasteiger partial charge in [0.1, 0.15) is 22.8 Å². The van der Waals surface area contributed by atoms with E-state index in [-0.39, 0.29) is 18.0 Å². The van der Waals surface area contributed by atoms with E-state index < -0.39 is 0 Å². The minimum Gasteiger partial charge on any atom is -0.313 e. The van der Waals surface area contributed by atoms with Gasteiger partial charge in [0.15, 0.2) is 5.78 Å². The quantitative estimate of drug-likeness (QED) is 0.783. The molecule has 1 N–H and O–H groups in total. The van der Waals surface area contributed by atoms with Gasteiger partial charge in [0, 0.05) is 6.20 Å². The Morgan fingerprint density at radius 3 is 3.13 bits per heavy atom. The highest BCUT2D eigenvalue weighted by Gasteiger charge is 2.16. The van der Waals surface area contributed by atoms with Crippen LogP contribution in [0.15, 0.2) is 18.6 Å². The van der Waals surface area contributed by atoms with Crippen LogP contribution < -0.4 is 5.32 Å². The molecule has 0 amide bonds. The van der Waals surface area contributed by atoms with Gasteiger partial charge in [-0.25, -0.2) is 9.97 Å². The van der Waals surface area contributed by atoms with Crippen LogP contribution in [0.5, 0.6) is 0 Å². The number of hydrogen-bond acceptors (Lipinski definition) is 4. The zero-order valence-electron chi connectivity index (χ0n) is 8.07. The standard InChI is InChI=1S/C9H9ClN4O/c1-11-4-6(15)8-9(10)14-5-12-3-2-7(14)13-8/h2-3,5,11H,4H2,1H3. The number of rotatable bonds is 3. The number of likely N-dealkylation sites (N-methyl/N-ethyl adjacent to an activating group) is 1. The number of fused-ring (bicyclic) bond motifs is 1. The van der Waals surface area contributed by atoms with E-state index in [0.29, 0.717) is 10.8 Å². The van der Waals surface area contributed by atoms with Crippen LogP contribution in [-0.2, 0) is 0 Å². The predicted molar refractivity (Wildman–Crippen MR) is 56.3 cm³/mol. The van der Waals surface area contributed by atoms with Crippen LogP contribution in [0.2, 0.25) is 5.15 Å². The van der Waals surface area contributed by atoms with Crippen molar-refractivity contribution in [3.63, 3.8) is 0 Å². The third-order valence-corrected chi connectivity index (χ3v) is 2.33. The monoisotopic (exact) mass is 224 g/mol. The highest BCUT2D eigenvalue weighted by atomic mass is 35.5. The summed E-state index contributed by atoms with van der Waals surface area (Å²) in [4.78, 5) is 19.6. The Kier molecular flexibility index (Phi) is 2.66. The van der Waals surface area contributed by atoms with Crippen molar-refractivity contribution < 1.29 is 4.79 Å². The van der Waals surface area contributed by atoms with E-state index >= 15 is 0 Å². The number of aromatic nitrogens is 3. The fourth-order valence-electron chi connectivity index (χ4n) is 1.29. The molecule has 0 unspecified atom stereocenters. The summed E-state index contributed by atoms with van der Waals surface area (Å²) >= 11 is 6.00. The van der Waals surface area contributed by atoms with E-state index in [1.54, 1.807) is 23.7 Å². The molecule has 0 radical (unpaired) electrons. The Labute approximate surface area is 91.1 Å². The van der Waals surface area contributed by atoms with Crippen LogP contribution in [0.3, 0.4) is 0 Å². The van der Waals surface area contributed by atoms with Gasteiger partial charge in [0.2, 0.25) is 0 Å². The largest absolute Gasteiger partial charge is 0.313 e. The lowest BCUT2D eigenvalue weighted by molar-refractivity contribution is 0.0989. The molecule has 5 nitrogen and oxygen atoms in total. The minimum atomic E-state index is -0.133. The van der Waals surface area contributed by atoms with Gasteiger partial charge < -0.3 is 5.32 Å². The van der Waals surface area contributed by atoms with Crippen LogP contribution in [0.1, 0.15) is 10.5 Å². The lowest BCUT2D eigenvalue weighted by Gasteiger charge is -1.95. The van der Waals surface area contributed by atoms with Gasteiger partial charge >= 0.3 is 0 Å². The molecule has 0 bridgehead atoms. The lowest BCUT2D eigenvalue weighted by Crippen LogP contribution is -2.19. The van der Waals surface area contributed by atoms with Gasteiger partial charge in [0.05, 0.1) is 6.54 Å². The molecule has 0 spiro atoms. The smallest absolute Gasteiger partial charge is 0.198 e. The predicted octanol–water partition coefficient (Wildman–Crippen LogP) is 0.785. The van der Waals surface area contributed by atoms with Crippen molar-refractivity contribution in [2.75, 3.05) is 13.6 Å². The minimum absolute atomic E-state index is 0.133. The summed E-state index contributed by atoms with van der Waals surface area (Å²) in [6.07, 6.45) is 3.13. The van der Waals surface area contributed by atoms with Gasteiger partial charge in [-0.3, -0.25) is 9.20 Å². The van der Waals surface area contributed by atoms with Crippen LogP contribution in [0.25, 0.3) is 5.65 Å². The van der Waals surface area contributed by atoms with Crippen molar-refractivity contribution in [2.45, 2.75) is 0 Å². The number of nitrogens with zero attached hydrogens (tertiary/aromatic N) is 3. The number of imidazole rings is 1. The molecule has 2 aromatic heterocycles. The second-order valence-electron chi connectivity index (χ2n) is 3.01. The van der Waals surface area contributed by atoms with E-state index in [1.165, 1.54) is 6.33 Å². The second kappa shape index (κ2) is 3.96. The zero-order chi connectivity index (χ0) is 10.8. The summed E-state index contributed by atoms with van der Waals surface area (Å²) in [5.74, 6) is -0.133. The second-order valence-corrected chi connectivity index (χ2v) is 3.37. The highest BCUT2D eigenvalue weighted by Crippen LogP contribution is 2.17. The number of carbonyl (C=O) groups excluding carboxylic acids is 1. The number of halogens is 1. The molecule has 2 aromatic rings. The molecular weight excluding hydrogens is 216 g/mol. The number of hydrogen-bond donors (Lipinski definition) is 1. The van der Waals surface area contributed by atoms with E-state index in [0.717, 1.165) is 0 Å².